The minimum atomic E-state index is 1.14. The number of benzene rings is 11. The first-order valence-corrected chi connectivity index (χ1v) is 22.8. The highest BCUT2D eigenvalue weighted by Gasteiger charge is 2.20. The smallest absolute Gasteiger partial charge is 0.0541 e. The molecule has 13 aromatic rings. The van der Waals surface area contributed by atoms with Crippen molar-refractivity contribution >= 4 is 77.3 Å². The molecule has 0 N–H and O–H groups in total. The Labute approximate surface area is 383 Å². The largest absolute Gasteiger partial charge is 0.309 e. The van der Waals surface area contributed by atoms with Gasteiger partial charge in [0.2, 0.25) is 0 Å². The van der Waals surface area contributed by atoms with Crippen LogP contribution in [0.2, 0.25) is 0 Å². The van der Waals surface area contributed by atoms with Crippen LogP contribution in [0.5, 0.6) is 0 Å². The maximum atomic E-state index is 2.44. The summed E-state index contributed by atoms with van der Waals surface area (Å²) in [7, 11) is 0. The molecule has 2 heteroatoms. The third-order valence-corrected chi connectivity index (χ3v) is 13.5. The molecule has 0 amide bonds. The zero-order chi connectivity index (χ0) is 43.6. The highest BCUT2D eigenvalue weighted by molar-refractivity contribution is 6.22. The van der Waals surface area contributed by atoms with Crippen LogP contribution in [0.4, 0.5) is 0 Å². The van der Waals surface area contributed by atoms with Gasteiger partial charge in [-0.2, -0.15) is 0 Å². The molecular weight excluding hydrogens is 797 g/mol. The second-order valence-electron chi connectivity index (χ2n) is 17.3. The van der Waals surface area contributed by atoms with E-state index in [9.17, 15) is 0 Å². The van der Waals surface area contributed by atoms with Crippen LogP contribution in [0.1, 0.15) is 11.1 Å². The van der Waals surface area contributed by atoms with E-state index in [0.717, 1.165) is 16.9 Å². The molecule has 0 saturated carbocycles. The van der Waals surface area contributed by atoms with Gasteiger partial charge < -0.3 is 9.13 Å². The summed E-state index contributed by atoms with van der Waals surface area (Å²) in [5.74, 6) is 0. The van der Waals surface area contributed by atoms with Gasteiger partial charge in [0.25, 0.3) is 0 Å². The Hall–Kier alpha value is -8.72. The first-order chi connectivity index (χ1) is 32.7. The summed E-state index contributed by atoms with van der Waals surface area (Å²) in [5.41, 5.74) is 16.6. The molecule has 0 aliphatic rings. The summed E-state index contributed by atoms with van der Waals surface area (Å²) in [6.45, 7) is 0. The van der Waals surface area contributed by atoms with Crippen molar-refractivity contribution in [3.8, 4) is 44.8 Å². The lowest BCUT2D eigenvalue weighted by Crippen LogP contribution is -1.97. The van der Waals surface area contributed by atoms with Gasteiger partial charge >= 0.3 is 0 Å². The monoisotopic (exact) mass is 838 g/mol. The third kappa shape index (κ3) is 6.18. The van der Waals surface area contributed by atoms with Gasteiger partial charge in [-0.05, 0) is 127 Å². The van der Waals surface area contributed by atoms with Crippen molar-refractivity contribution in [2.45, 2.75) is 0 Å². The molecule has 0 unspecified atom stereocenters. The predicted molar refractivity (Wildman–Crippen MR) is 282 cm³/mol. The van der Waals surface area contributed by atoms with E-state index in [2.05, 4.69) is 264 Å². The lowest BCUT2D eigenvalue weighted by Gasteiger charge is -2.20. The third-order valence-electron chi connectivity index (χ3n) is 13.5. The molecular formula is C64H42N2. The molecule has 66 heavy (non-hydrogen) atoms. The van der Waals surface area contributed by atoms with Crippen LogP contribution in [0.15, 0.2) is 243 Å². The number of fused-ring (bicyclic) bond motifs is 8. The molecule has 0 radical (unpaired) electrons. The Morgan fingerprint density at radius 1 is 0.227 bits per heavy atom. The lowest BCUT2D eigenvalue weighted by atomic mass is 9.84. The molecule has 2 heterocycles. The first kappa shape index (κ1) is 37.8. The van der Waals surface area contributed by atoms with Crippen LogP contribution >= 0.6 is 0 Å². The maximum Gasteiger partial charge on any atom is 0.0541 e. The highest BCUT2D eigenvalue weighted by Crippen LogP contribution is 2.46. The number of aromatic nitrogens is 2. The average Bonchev–Trinajstić information content (AvgIpc) is 3.91. The van der Waals surface area contributed by atoms with Crippen molar-refractivity contribution in [3.63, 3.8) is 0 Å². The summed E-state index contributed by atoms with van der Waals surface area (Å²) >= 11 is 0. The summed E-state index contributed by atoms with van der Waals surface area (Å²) in [6, 6.07) is 88.9. The van der Waals surface area contributed by atoms with Gasteiger partial charge in [-0.15, -0.1) is 0 Å². The molecule has 11 aromatic carbocycles. The van der Waals surface area contributed by atoms with E-state index in [4.69, 9.17) is 0 Å². The molecule has 0 saturated heterocycles. The van der Waals surface area contributed by atoms with Crippen molar-refractivity contribution in [2.75, 3.05) is 0 Å². The summed E-state index contributed by atoms with van der Waals surface area (Å²) < 4.78 is 4.84. The molecule has 2 nitrogen and oxygen atoms in total. The lowest BCUT2D eigenvalue weighted by molar-refractivity contribution is 1.18. The summed E-state index contributed by atoms with van der Waals surface area (Å²) in [4.78, 5) is 0. The van der Waals surface area contributed by atoms with Gasteiger partial charge in [0.15, 0.2) is 0 Å². The molecule has 13 rings (SSSR count). The van der Waals surface area contributed by atoms with Gasteiger partial charge in [0, 0.05) is 32.9 Å². The SMILES string of the molecule is C(=C\c1cccc(-c2ccc3c(-c4cccc(-n5c6ccccc6c6ccccc65)c4)c4ccccc4c(-c4cccc(-n5c6ccccc6c6ccccc65)c4)c3c2)c1)/c1ccccc1. The molecule has 0 aliphatic heterocycles. The van der Waals surface area contributed by atoms with Crippen LogP contribution in [0, 0.1) is 0 Å². The van der Waals surface area contributed by atoms with Crippen molar-refractivity contribution in [3.05, 3.63) is 254 Å². The van der Waals surface area contributed by atoms with Crippen molar-refractivity contribution in [1.82, 2.24) is 9.13 Å². The predicted octanol–water partition coefficient (Wildman–Crippen LogP) is 17.4. The van der Waals surface area contributed by atoms with Crippen molar-refractivity contribution in [2.24, 2.45) is 0 Å². The van der Waals surface area contributed by atoms with E-state index in [1.165, 1.54) is 104 Å². The Morgan fingerprint density at radius 2 is 0.606 bits per heavy atom. The van der Waals surface area contributed by atoms with E-state index >= 15 is 0 Å². The fourth-order valence-electron chi connectivity index (χ4n) is 10.6. The van der Waals surface area contributed by atoms with Crippen LogP contribution in [-0.4, -0.2) is 9.13 Å². The Morgan fingerprint density at radius 3 is 1.14 bits per heavy atom. The second-order valence-corrected chi connectivity index (χ2v) is 17.3. The topological polar surface area (TPSA) is 9.86 Å². The van der Waals surface area contributed by atoms with Crippen LogP contribution in [0.25, 0.3) is 122 Å². The number of nitrogens with zero attached hydrogens (tertiary/aromatic N) is 2. The van der Waals surface area contributed by atoms with Gasteiger partial charge in [-0.1, -0.05) is 194 Å². The fraction of sp³-hybridized carbons (Fsp3) is 0. The standard InChI is InChI=1S/C64H42N2/c1-2-17-43(18-3-1)35-36-44-19-14-20-45(39-44)46-37-38-57-58(42-46)64(48-22-16-24-50(41-48)66-61-33-12-8-27-53(61)54-28-9-13-34-62(54)66)56-30-5-4-29-55(56)63(57)47-21-15-23-49(40-47)65-59-31-10-6-25-51(59)52-26-7-11-32-60(52)65/h1-42H/b36-35+. The number of hydrogen-bond acceptors (Lipinski definition) is 0. The second kappa shape index (κ2) is 15.5. The summed E-state index contributed by atoms with van der Waals surface area (Å²) in [5, 5.41) is 9.91. The Bertz CT molecular complexity index is 3940. The summed E-state index contributed by atoms with van der Waals surface area (Å²) in [6.07, 6.45) is 4.40. The number of rotatable bonds is 7. The van der Waals surface area contributed by atoms with E-state index < -0.39 is 0 Å². The van der Waals surface area contributed by atoms with Gasteiger partial charge in [-0.25, -0.2) is 0 Å². The average molecular weight is 839 g/mol. The highest BCUT2D eigenvalue weighted by atomic mass is 15.0. The van der Waals surface area contributed by atoms with E-state index in [1.54, 1.807) is 0 Å². The molecule has 0 fully saturated rings. The van der Waals surface area contributed by atoms with Crippen LogP contribution in [0.3, 0.4) is 0 Å². The quantitative estimate of drug-likeness (QED) is 0.112. The molecule has 0 aliphatic carbocycles. The van der Waals surface area contributed by atoms with E-state index in [0.29, 0.717) is 0 Å². The molecule has 0 atom stereocenters. The van der Waals surface area contributed by atoms with Gasteiger partial charge in [0.05, 0.1) is 22.1 Å². The molecule has 0 bridgehead atoms. The maximum absolute atomic E-state index is 2.44. The van der Waals surface area contributed by atoms with Crippen molar-refractivity contribution < 1.29 is 0 Å². The number of para-hydroxylation sites is 4. The molecule has 2 aromatic heterocycles. The van der Waals surface area contributed by atoms with Crippen LogP contribution in [-0.2, 0) is 0 Å². The van der Waals surface area contributed by atoms with Gasteiger partial charge in [-0.3, -0.25) is 0 Å². The van der Waals surface area contributed by atoms with Crippen molar-refractivity contribution in [1.29, 1.82) is 0 Å². The Balaban J connectivity index is 1.06. The van der Waals surface area contributed by atoms with E-state index in [1.807, 2.05) is 0 Å². The molecule has 308 valence electrons. The zero-order valence-corrected chi connectivity index (χ0v) is 36.1. The minimum Gasteiger partial charge on any atom is -0.309 e. The first-order valence-electron chi connectivity index (χ1n) is 22.8. The normalized spacial score (nSPS) is 11.9. The number of hydrogen-bond donors (Lipinski definition) is 0. The zero-order valence-electron chi connectivity index (χ0n) is 36.1. The van der Waals surface area contributed by atoms with Gasteiger partial charge in [0.1, 0.15) is 0 Å². The Kier molecular flexibility index (Phi) is 8.89. The molecule has 0 spiro atoms. The van der Waals surface area contributed by atoms with E-state index in [-0.39, 0.29) is 0 Å². The fourth-order valence-corrected chi connectivity index (χ4v) is 10.6. The minimum absolute atomic E-state index is 1.14. The van der Waals surface area contributed by atoms with Crippen LogP contribution < -0.4 is 0 Å².